The molecule has 0 atom stereocenters. The van der Waals surface area contributed by atoms with E-state index < -0.39 is 0 Å². The molecule has 3 aromatic rings. The molecule has 0 bridgehead atoms. The third-order valence-electron chi connectivity index (χ3n) is 7.47. The summed E-state index contributed by atoms with van der Waals surface area (Å²) in [4.78, 5) is 14.8. The largest absolute Gasteiger partial charge is 0.493 e. The van der Waals surface area contributed by atoms with Crippen LogP contribution in [0.5, 0.6) is 11.5 Å². The first kappa shape index (κ1) is 25.5. The molecule has 2 fully saturated rings. The highest BCUT2D eigenvalue weighted by Crippen LogP contribution is 2.35. The number of morpholine rings is 1. The molecule has 37 heavy (non-hydrogen) atoms. The number of fused-ring (bicyclic) bond motifs is 1. The molecule has 2 aliphatic heterocycles. The van der Waals surface area contributed by atoms with E-state index in [1.165, 1.54) is 5.69 Å². The number of quaternary nitrogens is 1. The molecule has 3 heterocycles. The molecule has 0 amide bonds. The Balaban J connectivity index is 1.42. The van der Waals surface area contributed by atoms with Gasteiger partial charge in [0, 0.05) is 48.9 Å². The third-order valence-corrected chi connectivity index (χ3v) is 7.47. The highest BCUT2D eigenvalue weighted by Gasteiger charge is 2.24. The highest BCUT2D eigenvalue weighted by molar-refractivity contribution is 5.93. The van der Waals surface area contributed by atoms with E-state index >= 15 is 0 Å². The summed E-state index contributed by atoms with van der Waals surface area (Å²) in [5, 5.41) is 4.48. The fraction of sp³-hybridized carbons (Fsp3) is 0.500. The number of aromatic nitrogens is 2. The first-order valence-electron chi connectivity index (χ1n) is 13.1. The molecule has 2 aliphatic rings. The summed E-state index contributed by atoms with van der Waals surface area (Å²) in [6, 6.07) is 12.5. The Morgan fingerprint density at radius 2 is 1.59 bits per heavy atom. The van der Waals surface area contributed by atoms with Crippen LogP contribution in [0.1, 0.15) is 0 Å². The summed E-state index contributed by atoms with van der Waals surface area (Å²) < 4.78 is 17.7. The first-order chi connectivity index (χ1) is 18.0. The quantitative estimate of drug-likeness (QED) is 0.467. The number of benzene rings is 2. The lowest BCUT2D eigenvalue weighted by atomic mass is 10.1. The number of hydrogen-bond acceptors (Lipinski definition) is 8. The minimum Gasteiger partial charge on any atom is -0.493 e. The van der Waals surface area contributed by atoms with Gasteiger partial charge in [-0.2, -0.15) is 0 Å². The summed E-state index contributed by atoms with van der Waals surface area (Å²) in [6.45, 7) is 9.66. The van der Waals surface area contributed by atoms with E-state index in [4.69, 9.17) is 24.2 Å². The fourth-order valence-electron chi connectivity index (χ4n) is 4.96. The SMILES string of the molecule is COc1cc2nc(-c3ccc(N4CC[N+](C)(C)CC4)cc3)nc(NCCN3CCOCC3)c2cc1OC. The maximum absolute atomic E-state index is 5.56. The van der Waals surface area contributed by atoms with Crippen molar-refractivity contribution < 1.29 is 18.7 Å². The van der Waals surface area contributed by atoms with Crippen LogP contribution in [0.25, 0.3) is 22.3 Å². The fourth-order valence-corrected chi connectivity index (χ4v) is 4.96. The Morgan fingerprint density at radius 3 is 2.27 bits per heavy atom. The van der Waals surface area contributed by atoms with Crippen molar-refractivity contribution in [3.8, 4) is 22.9 Å². The van der Waals surface area contributed by atoms with Crippen LogP contribution in [0.2, 0.25) is 0 Å². The predicted octanol–water partition coefficient (Wildman–Crippen LogP) is 2.95. The van der Waals surface area contributed by atoms with Crippen molar-refractivity contribution in [3.63, 3.8) is 0 Å². The van der Waals surface area contributed by atoms with Crippen molar-refractivity contribution in [2.45, 2.75) is 0 Å². The highest BCUT2D eigenvalue weighted by atomic mass is 16.5. The normalized spacial score (nSPS) is 18.1. The smallest absolute Gasteiger partial charge is 0.162 e. The van der Waals surface area contributed by atoms with Gasteiger partial charge in [0.2, 0.25) is 0 Å². The number of likely N-dealkylation sites (N-methyl/N-ethyl adjacent to an activating group) is 1. The van der Waals surface area contributed by atoms with Gasteiger partial charge in [0.1, 0.15) is 5.82 Å². The van der Waals surface area contributed by atoms with Gasteiger partial charge in [-0.25, -0.2) is 9.97 Å². The van der Waals surface area contributed by atoms with E-state index in [0.29, 0.717) is 17.3 Å². The monoisotopic (exact) mass is 507 g/mol. The van der Waals surface area contributed by atoms with Crippen LogP contribution in [-0.4, -0.2) is 113 Å². The maximum Gasteiger partial charge on any atom is 0.162 e. The molecule has 0 unspecified atom stereocenters. The second-order valence-corrected chi connectivity index (χ2v) is 10.4. The van der Waals surface area contributed by atoms with Gasteiger partial charge >= 0.3 is 0 Å². The molecule has 5 rings (SSSR count). The molecule has 2 saturated heterocycles. The Kier molecular flexibility index (Phi) is 7.64. The summed E-state index contributed by atoms with van der Waals surface area (Å²) in [5.41, 5.74) is 3.06. The van der Waals surface area contributed by atoms with Crippen molar-refractivity contribution in [2.24, 2.45) is 0 Å². The average Bonchev–Trinajstić information content (AvgIpc) is 2.93. The number of piperazine rings is 1. The van der Waals surface area contributed by atoms with Crippen molar-refractivity contribution in [3.05, 3.63) is 36.4 Å². The molecule has 1 aromatic heterocycles. The molecule has 1 N–H and O–H groups in total. The zero-order valence-corrected chi connectivity index (χ0v) is 22.5. The second kappa shape index (κ2) is 11.1. The van der Waals surface area contributed by atoms with E-state index in [1.807, 2.05) is 12.1 Å². The number of hydrogen-bond donors (Lipinski definition) is 1. The van der Waals surface area contributed by atoms with Crippen LogP contribution >= 0.6 is 0 Å². The van der Waals surface area contributed by atoms with E-state index in [9.17, 15) is 0 Å². The molecule has 9 heteroatoms. The molecule has 2 aromatic carbocycles. The molecular formula is C28H39N6O3+. The average molecular weight is 508 g/mol. The summed E-state index contributed by atoms with van der Waals surface area (Å²) in [7, 11) is 7.89. The molecule has 9 nitrogen and oxygen atoms in total. The van der Waals surface area contributed by atoms with Gasteiger partial charge in [-0.15, -0.1) is 0 Å². The van der Waals surface area contributed by atoms with E-state index in [1.54, 1.807) is 14.2 Å². The number of methoxy groups -OCH3 is 2. The lowest BCUT2D eigenvalue weighted by Crippen LogP contribution is -2.54. The van der Waals surface area contributed by atoms with Crippen LogP contribution in [0, 0.1) is 0 Å². The second-order valence-electron chi connectivity index (χ2n) is 10.4. The van der Waals surface area contributed by atoms with Crippen LogP contribution in [0.4, 0.5) is 11.5 Å². The number of rotatable bonds is 8. The molecule has 0 aliphatic carbocycles. The number of ether oxygens (including phenoxy) is 3. The van der Waals surface area contributed by atoms with Gasteiger partial charge in [0.25, 0.3) is 0 Å². The first-order valence-corrected chi connectivity index (χ1v) is 13.1. The minimum atomic E-state index is 0.653. The molecule has 0 radical (unpaired) electrons. The van der Waals surface area contributed by atoms with Gasteiger partial charge in [-0.3, -0.25) is 4.90 Å². The lowest BCUT2D eigenvalue weighted by Gasteiger charge is -2.40. The van der Waals surface area contributed by atoms with Crippen molar-refractivity contribution in [2.75, 3.05) is 104 Å². The number of anilines is 2. The van der Waals surface area contributed by atoms with Crippen LogP contribution in [0.3, 0.4) is 0 Å². The standard InChI is InChI=1S/C28H39N6O3/c1-34(2)15-11-33(12-16-34)22-7-5-21(6-8-22)27-30-24-20-26(36-4)25(35-3)19-23(24)28(31-27)29-9-10-32-13-17-37-18-14-32/h5-8,19-20H,9-18H2,1-4H3,(H,29,30,31)/q+1. The molecule has 0 saturated carbocycles. The summed E-state index contributed by atoms with van der Waals surface area (Å²) in [5.74, 6) is 2.81. The Morgan fingerprint density at radius 1 is 0.919 bits per heavy atom. The molecule has 0 spiro atoms. The van der Waals surface area contributed by atoms with Gasteiger partial charge in [-0.05, 0) is 30.3 Å². The maximum atomic E-state index is 5.56. The third kappa shape index (κ3) is 5.89. The topological polar surface area (TPSA) is 72.0 Å². The lowest BCUT2D eigenvalue weighted by molar-refractivity contribution is -0.890. The van der Waals surface area contributed by atoms with Gasteiger partial charge in [0.15, 0.2) is 17.3 Å². The van der Waals surface area contributed by atoms with E-state index in [-0.39, 0.29) is 0 Å². The van der Waals surface area contributed by atoms with Crippen LogP contribution in [-0.2, 0) is 4.74 Å². The summed E-state index contributed by atoms with van der Waals surface area (Å²) in [6.07, 6.45) is 0. The van der Waals surface area contributed by atoms with Crippen molar-refractivity contribution in [1.82, 2.24) is 14.9 Å². The minimum absolute atomic E-state index is 0.653. The zero-order valence-electron chi connectivity index (χ0n) is 22.5. The van der Waals surface area contributed by atoms with E-state index in [0.717, 1.165) is 92.3 Å². The van der Waals surface area contributed by atoms with Crippen LogP contribution < -0.4 is 19.7 Å². The van der Waals surface area contributed by atoms with Gasteiger partial charge in [0.05, 0.1) is 73.2 Å². The Bertz CT molecular complexity index is 1200. The van der Waals surface area contributed by atoms with Gasteiger partial charge < -0.3 is 28.9 Å². The Labute approximate surface area is 219 Å². The summed E-state index contributed by atoms with van der Waals surface area (Å²) >= 11 is 0. The number of nitrogens with zero attached hydrogens (tertiary/aromatic N) is 5. The molecular weight excluding hydrogens is 468 g/mol. The predicted molar refractivity (Wildman–Crippen MR) is 148 cm³/mol. The van der Waals surface area contributed by atoms with Crippen molar-refractivity contribution in [1.29, 1.82) is 0 Å². The number of nitrogens with one attached hydrogen (secondary N) is 1. The Hall–Kier alpha value is -3.14. The van der Waals surface area contributed by atoms with Gasteiger partial charge in [-0.1, -0.05) is 0 Å². The van der Waals surface area contributed by atoms with Crippen LogP contribution in [0.15, 0.2) is 36.4 Å². The zero-order chi connectivity index (χ0) is 25.8. The van der Waals surface area contributed by atoms with E-state index in [2.05, 4.69) is 53.5 Å². The van der Waals surface area contributed by atoms with Crippen molar-refractivity contribution >= 4 is 22.4 Å². The molecule has 198 valence electrons.